The number of aliphatic hydroxyl groups excluding tert-OH is 1. The van der Waals surface area contributed by atoms with E-state index in [0.717, 1.165) is 25.7 Å². The standard InChI is InChI=1S/C9H13NO/c10-7-8-5-3-1-2-4-6-9(8)11/h1-2,8-9,11H,3-6H2/t8-,9+/m1/s1. The van der Waals surface area contributed by atoms with E-state index in [-0.39, 0.29) is 5.92 Å². The van der Waals surface area contributed by atoms with E-state index < -0.39 is 6.10 Å². The highest BCUT2D eigenvalue weighted by Gasteiger charge is 2.17. The first-order chi connectivity index (χ1) is 5.34. The molecule has 2 atom stereocenters. The van der Waals surface area contributed by atoms with Gasteiger partial charge in [-0.05, 0) is 25.7 Å². The number of aliphatic hydroxyl groups is 1. The van der Waals surface area contributed by atoms with E-state index >= 15 is 0 Å². The SMILES string of the molecule is N#C[C@H]1CCC=CCC[C@@H]1O. The quantitative estimate of drug-likeness (QED) is 0.534. The van der Waals surface area contributed by atoms with Crippen molar-refractivity contribution in [2.75, 3.05) is 0 Å². The summed E-state index contributed by atoms with van der Waals surface area (Å²) in [5, 5.41) is 18.1. The second-order valence-electron chi connectivity index (χ2n) is 2.93. The van der Waals surface area contributed by atoms with Gasteiger partial charge in [-0.2, -0.15) is 5.26 Å². The zero-order valence-corrected chi connectivity index (χ0v) is 6.53. The molecule has 0 amide bonds. The summed E-state index contributed by atoms with van der Waals surface area (Å²) in [6.45, 7) is 0. The lowest BCUT2D eigenvalue weighted by Crippen LogP contribution is -2.19. The van der Waals surface area contributed by atoms with Crippen LogP contribution in [0.2, 0.25) is 0 Å². The average molecular weight is 151 g/mol. The second-order valence-corrected chi connectivity index (χ2v) is 2.93. The second kappa shape index (κ2) is 4.15. The van der Waals surface area contributed by atoms with Crippen molar-refractivity contribution in [1.82, 2.24) is 0 Å². The first-order valence-electron chi connectivity index (χ1n) is 4.07. The molecule has 0 radical (unpaired) electrons. The van der Waals surface area contributed by atoms with Crippen molar-refractivity contribution in [2.24, 2.45) is 5.92 Å². The maximum absolute atomic E-state index is 9.42. The maximum atomic E-state index is 9.42. The predicted octanol–water partition coefficient (Wildman–Crippen LogP) is 1.62. The number of hydrogen-bond donors (Lipinski definition) is 1. The van der Waals surface area contributed by atoms with Crippen LogP contribution in [0.5, 0.6) is 0 Å². The number of nitriles is 1. The molecule has 0 aliphatic heterocycles. The molecule has 1 aliphatic carbocycles. The molecule has 0 aromatic carbocycles. The minimum atomic E-state index is -0.412. The predicted molar refractivity (Wildman–Crippen MR) is 42.7 cm³/mol. The molecule has 0 aromatic rings. The van der Waals surface area contributed by atoms with E-state index in [9.17, 15) is 5.11 Å². The minimum absolute atomic E-state index is 0.153. The van der Waals surface area contributed by atoms with E-state index in [1.807, 2.05) is 0 Å². The molecular formula is C9H13NO. The molecule has 60 valence electrons. The van der Waals surface area contributed by atoms with E-state index in [1.54, 1.807) is 0 Å². The van der Waals surface area contributed by atoms with Crippen LogP contribution in [0.4, 0.5) is 0 Å². The van der Waals surface area contributed by atoms with Gasteiger partial charge in [0.2, 0.25) is 0 Å². The van der Waals surface area contributed by atoms with Gasteiger partial charge in [0.25, 0.3) is 0 Å². The third kappa shape index (κ3) is 2.36. The van der Waals surface area contributed by atoms with Crippen LogP contribution < -0.4 is 0 Å². The minimum Gasteiger partial charge on any atom is -0.392 e. The number of nitrogens with zero attached hydrogens (tertiary/aromatic N) is 1. The Labute approximate surface area is 67.2 Å². The van der Waals surface area contributed by atoms with Crippen molar-refractivity contribution in [1.29, 1.82) is 5.26 Å². The Morgan fingerprint density at radius 2 is 1.91 bits per heavy atom. The topological polar surface area (TPSA) is 44.0 Å². The molecular weight excluding hydrogens is 138 g/mol. The van der Waals surface area contributed by atoms with Crippen LogP contribution >= 0.6 is 0 Å². The number of rotatable bonds is 0. The molecule has 0 saturated carbocycles. The summed E-state index contributed by atoms with van der Waals surface area (Å²) < 4.78 is 0. The summed E-state index contributed by atoms with van der Waals surface area (Å²) in [6.07, 6.45) is 7.12. The van der Waals surface area contributed by atoms with Crippen LogP contribution in [0.3, 0.4) is 0 Å². The third-order valence-electron chi connectivity index (χ3n) is 2.07. The molecule has 0 fully saturated rings. The maximum Gasteiger partial charge on any atom is 0.0725 e. The van der Waals surface area contributed by atoms with Gasteiger partial charge in [0.05, 0.1) is 18.1 Å². The molecule has 0 aromatic heterocycles. The van der Waals surface area contributed by atoms with Gasteiger partial charge in [-0.25, -0.2) is 0 Å². The molecule has 0 heterocycles. The summed E-state index contributed by atoms with van der Waals surface area (Å²) in [7, 11) is 0. The smallest absolute Gasteiger partial charge is 0.0725 e. The van der Waals surface area contributed by atoms with Gasteiger partial charge < -0.3 is 5.11 Å². The molecule has 0 spiro atoms. The Kier molecular flexibility index (Phi) is 3.13. The molecule has 0 unspecified atom stereocenters. The van der Waals surface area contributed by atoms with Crippen molar-refractivity contribution in [3.63, 3.8) is 0 Å². The molecule has 0 saturated heterocycles. The van der Waals surface area contributed by atoms with Gasteiger partial charge in [0.1, 0.15) is 0 Å². The molecule has 0 bridgehead atoms. The van der Waals surface area contributed by atoms with Crippen molar-refractivity contribution in [2.45, 2.75) is 31.8 Å². The molecule has 2 heteroatoms. The van der Waals surface area contributed by atoms with Crippen LogP contribution in [0.15, 0.2) is 12.2 Å². The molecule has 2 nitrogen and oxygen atoms in total. The Balaban J connectivity index is 2.52. The molecule has 1 aliphatic rings. The lowest BCUT2D eigenvalue weighted by atomic mass is 9.93. The largest absolute Gasteiger partial charge is 0.392 e. The van der Waals surface area contributed by atoms with Crippen molar-refractivity contribution in [3.05, 3.63) is 12.2 Å². The van der Waals surface area contributed by atoms with Crippen LogP contribution in [-0.4, -0.2) is 11.2 Å². The van der Waals surface area contributed by atoms with Crippen LogP contribution in [0, 0.1) is 17.2 Å². The summed E-state index contributed by atoms with van der Waals surface area (Å²) in [6, 6.07) is 2.14. The fourth-order valence-electron chi connectivity index (χ4n) is 1.32. The van der Waals surface area contributed by atoms with Gasteiger partial charge in [0, 0.05) is 0 Å². The van der Waals surface area contributed by atoms with E-state index in [1.165, 1.54) is 0 Å². The monoisotopic (exact) mass is 151 g/mol. The van der Waals surface area contributed by atoms with E-state index in [4.69, 9.17) is 5.26 Å². The highest BCUT2D eigenvalue weighted by Crippen LogP contribution is 2.18. The molecule has 11 heavy (non-hydrogen) atoms. The van der Waals surface area contributed by atoms with Crippen molar-refractivity contribution < 1.29 is 5.11 Å². The van der Waals surface area contributed by atoms with Gasteiger partial charge in [-0.3, -0.25) is 0 Å². The normalized spacial score (nSPS) is 32.0. The van der Waals surface area contributed by atoms with E-state index in [2.05, 4.69) is 18.2 Å². The summed E-state index contributed by atoms with van der Waals surface area (Å²) in [5.74, 6) is -0.153. The van der Waals surface area contributed by atoms with Crippen molar-refractivity contribution >= 4 is 0 Å². The fourth-order valence-corrected chi connectivity index (χ4v) is 1.32. The highest BCUT2D eigenvalue weighted by molar-refractivity contribution is 4.95. The summed E-state index contributed by atoms with van der Waals surface area (Å²) in [5.41, 5.74) is 0. The van der Waals surface area contributed by atoms with E-state index in [0.29, 0.717) is 0 Å². The van der Waals surface area contributed by atoms with Crippen LogP contribution in [0.1, 0.15) is 25.7 Å². The van der Waals surface area contributed by atoms with Gasteiger partial charge in [0.15, 0.2) is 0 Å². The van der Waals surface area contributed by atoms with Gasteiger partial charge >= 0.3 is 0 Å². The lowest BCUT2D eigenvalue weighted by molar-refractivity contribution is 0.120. The van der Waals surface area contributed by atoms with Gasteiger partial charge in [-0.1, -0.05) is 12.2 Å². The Bertz CT molecular complexity index is 180. The average Bonchev–Trinajstić information content (AvgIpc) is 1.98. The Morgan fingerprint density at radius 1 is 1.27 bits per heavy atom. The summed E-state index contributed by atoms with van der Waals surface area (Å²) in [4.78, 5) is 0. The first-order valence-corrected chi connectivity index (χ1v) is 4.07. The first kappa shape index (κ1) is 8.29. The number of hydrogen-bond acceptors (Lipinski definition) is 2. The van der Waals surface area contributed by atoms with Gasteiger partial charge in [-0.15, -0.1) is 0 Å². The fraction of sp³-hybridized carbons (Fsp3) is 0.667. The summed E-state index contributed by atoms with van der Waals surface area (Å²) >= 11 is 0. The Hall–Kier alpha value is -0.810. The van der Waals surface area contributed by atoms with Crippen LogP contribution in [0.25, 0.3) is 0 Å². The highest BCUT2D eigenvalue weighted by atomic mass is 16.3. The number of allylic oxidation sites excluding steroid dienone is 2. The lowest BCUT2D eigenvalue weighted by Gasteiger charge is -2.16. The third-order valence-corrected chi connectivity index (χ3v) is 2.07. The Morgan fingerprint density at radius 3 is 2.55 bits per heavy atom. The molecule has 1 rings (SSSR count). The zero-order chi connectivity index (χ0) is 8.10. The molecule has 1 N–H and O–H groups in total. The zero-order valence-electron chi connectivity index (χ0n) is 6.53. The van der Waals surface area contributed by atoms with Crippen molar-refractivity contribution in [3.8, 4) is 6.07 Å². The van der Waals surface area contributed by atoms with Crippen LogP contribution in [-0.2, 0) is 0 Å².